The second kappa shape index (κ2) is 33.4. The fourth-order valence-electron chi connectivity index (χ4n) is 15.6. The van der Waals surface area contributed by atoms with Gasteiger partial charge in [0.2, 0.25) is 41.9 Å². The van der Waals surface area contributed by atoms with Crippen molar-refractivity contribution >= 4 is 58.9 Å². The van der Waals surface area contributed by atoms with E-state index in [1.807, 2.05) is 54.6 Å². The molecule has 1 unspecified atom stereocenters. The lowest BCUT2D eigenvalue weighted by atomic mass is 9.82. The highest BCUT2D eigenvalue weighted by Crippen LogP contribution is 2.39. The van der Waals surface area contributed by atoms with E-state index in [-0.39, 0.29) is 121 Å². The molecule has 1 saturated carbocycles. The number of aliphatic hydroxyl groups is 8. The van der Waals surface area contributed by atoms with Crippen molar-refractivity contribution in [1.82, 2.24) is 27.6 Å². The van der Waals surface area contributed by atoms with Gasteiger partial charge in [-0.2, -0.15) is 12.9 Å². The summed E-state index contributed by atoms with van der Waals surface area (Å²) in [6.07, 6.45) is -1.41. The van der Waals surface area contributed by atoms with Crippen LogP contribution in [0.5, 0.6) is 17.2 Å². The Morgan fingerprint density at radius 3 is 1.16 bits per heavy atom. The van der Waals surface area contributed by atoms with E-state index in [1.54, 1.807) is 48.8 Å². The molecule has 6 atom stereocenters. The molecule has 108 heavy (non-hydrogen) atoms. The molecule has 584 valence electrons. The molecule has 6 aliphatic heterocycles. The Kier molecular flexibility index (Phi) is 24.6. The first kappa shape index (κ1) is 79.7. The van der Waals surface area contributed by atoms with Crippen LogP contribution in [0.25, 0.3) is 0 Å². The van der Waals surface area contributed by atoms with Crippen LogP contribution >= 0.6 is 0 Å². The molecule has 0 aromatic heterocycles. The number of amides is 2. The molecule has 28 nitrogen and oxygen atoms in total. The summed E-state index contributed by atoms with van der Waals surface area (Å²) in [4.78, 5) is 31.2. The number of nitrogens with one attached hydrogen (secondary N) is 3. The Balaban J connectivity index is 0.000000152. The molecule has 4 fully saturated rings. The van der Waals surface area contributed by atoms with E-state index in [0.29, 0.717) is 57.2 Å². The number of phenolic OH excluding ortho intramolecular Hbond substituents is 3. The number of aryl methyl sites for hydroxylation is 3. The number of hydrogen-bond acceptors (Lipinski definition) is 23. The fourth-order valence-corrected chi connectivity index (χ4v) is 20.0. The van der Waals surface area contributed by atoms with Crippen LogP contribution in [0.3, 0.4) is 0 Å². The third kappa shape index (κ3) is 18.1. The third-order valence-electron chi connectivity index (χ3n) is 21.9. The quantitative estimate of drug-likeness (QED) is 0.0609. The zero-order chi connectivity index (χ0) is 77.3. The minimum Gasteiger partial charge on any atom is -0.507 e. The van der Waals surface area contributed by atoms with Crippen LogP contribution in [0.15, 0.2) is 136 Å². The van der Waals surface area contributed by atoms with E-state index in [0.717, 1.165) is 106 Å². The summed E-state index contributed by atoms with van der Waals surface area (Å²) in [6.45, 7) is 11.0. The first-order valence-electron chi connectivity index (χ1n) is 36.7. The molecule has 6 aromatic carbocycles. The molecule has 14 rings (SSSR count). The monoisotopic (exact) mass is 1550 g/mol. The molecule has 2 aliphatic carbocycles. The van der Waals surface area contributed by atoms with Gasteiger partial charge in [-0.25, -0.2) is 25.3 Å². The van der Waals surface area contributed by atoms with Crippen LogP contribution < -0.4 is 16.0 Å². The van der Waals surface area contributed by atoms with Crippen molar-refractivity contribution in [2.75, 3.05) is 68.4 Å². The van der Waals surface area contributed by atoms with Crippen molar-refractivity contribution in [3.8, 4) is 17.2 Å². The standard InChI is InChI=1S/C27H35N3O7S.C27H33N3O7S.C23H31N3O5S/c2*1-16-2-5-25(22(31)10-16)38(36,37)30-14-17-3-4-21(11-19(17)15-30)28-20-6-8-29(9-7-20)27(35)18-12-23(32)26(34)24(33)13-18;1-16-2-5-23(22(29)10-16)32(30,31)26-12-17-3-4-20(11-18(17)13-26)24-19-6-8-25(9-7-19)14-21(28)15-27/h2-5,10-11,18,20,23-24,26,28,31-34H,6-9,12-15H2,1H3;2-5,10-12,20,23-24,26,28,31-34H,6-9,13-15H2,1H3;2-5,10-11,19,21,24,27-29H,6-9,12-15H2,1H3/t18?,23-,24-,26?;23-,24-,26-;/m11./s1. The third-order valence-corrected chi connectivity index (χ3v) is 27.4. The Labute approximate surface area is 630 Å². The summed E-state index contributed by atoms with van der Waals surface area (Å²) in [5, 5.41) is 119. The van der Waals surface area contributed by atoms with Gasteiger partial charge in [-0.3, -0.25) is 9.59 Å². The minimum absolute atomic E-state index is 0.0145. The van der Waals surface area contributed by atoms with Crippen LogP contribution in [0.4, 0.5) is 17.1 Å². The fraction of sp³-hybridized carbons (Fsp3) is 0.481. The van der Waals surface area contributed by atoms with Crippen LogP contribution in [0, 0.1) is 26.7 Å². The molecule has 0 radical (unpaired) electrons. The molecule has 6 heterocycles. The molecule has 31 heteroatoms. The number of carbonyl (C=O) groups excluding carboxylic acids is 2. The average Bonchev–Trinajstić information content (AvgIpc) is 1.60. The summed E-state index contributed by atoms with van der Waals surface area (Å²) in [5.74, 6) is -1.54. The topological polar surface area (TPSA) is 415 Å². The van der Waals surface area contributed by atoms with Crippen LogP contribution in [0.1, 0.15) is 108 Å². The number of rotatable bonds is 17. The number of sulfonamides is 3. The highest BCUT2D eigenvalue weighted by atomic mass is 32.2. The highest BCUT2D eigenvalue weighted by molar-refractivity contribution is 7.89. The minimum atomic E-state index is -3.85. The number of anilines is 3. The highest BCUT2D eigenvalue weighted by Gasteiger charge is 2.42. The molecule has 8 aliphatic rings. The lowest BCUT2D eigenvalue weighted by Gasteiger charge is -2.38. The average molecular weight is 1550 g/mol. The number of nitrogens with zero attached hydrogens (tertiary/aromatic N) is 6. The van der Waals surface area contributed by atoms with E-state index in [4.69, 9.17) is 5.11 Å². The number of carbonyl (C=O) groups is 2. The lowest BCUT2D eigenvalue weighted by molar-refractivity contribution is -0.148. The first-order valence-corrected chi connectivity index (χ1v) is 41.1. The SMILES string of the molecule is Cc1ccc(S(=O)(=O)N2Cc3ccc(NC4CCN(C(=O)C5=C[C@@H](O)[C@@H](O)[C@H](O)C5)CC4)cc3C2)c(O)c1.Cc1ccc(S(=O)(=O)N2Cc3ccc(NC4CCN(C(=O)C5C[C@@H](O)C(O)[C@H](O)C5)CC4)cc3C2)c(O)c1.Cc1ccc(S(=O)(=O)N2Cc3ccc(NC4CCN(CC(O)CO)CC4)cc3C2)c(O)c1. The molecular formula is C77H99N9O19S3. The van der Waals surface area contributed by atoms with Gasteiger partial charge in [0.1, 0.15) is 50.2 Å². The second-order valence-electron chi connectivity index (χ2n) is 29.9. The van der Waals surface area contributed by atoms with Crippen LogP contribution in [-0.2, 0) is 78.9 Å². The van der Waals surface area contributed by atoms with Gasteiger partial charge in [0, 0.05) is 138 Å². The van der Waals surface area contributed by atoms with E-state index >= 15 is 0 Å². The van der Waals surface area contributed by atoms with E-state index < -0.39 is 78.7 Å². The van der Waals surface area contributed by atoms with Crippen molar-refractivity contribution in [1.29, 1.82) is 0 Å². The zero-order valence-corrected chi connectivity index (χ0v) is 63.1. The Bertz CT molecular complexity index is 4650. The van der Waals surface area contributed by atoms with Gasteiger partial charge >= 0.3 is 0 Å². The second-order valence-corrected chi connectivity index (χ2v) is 35.7. The molecule has 2 amide bonds. The van der Waals surface area contributed by atoms with E-state index in [1.165, 1.54) is 55.4 Å². The van der Waals surface area contributed by atoms with Crippen molar-refractivity contribution in [3.05, 3.63) is 171 Å². The largest absolute Gasteiger partial charge is 0.507 e. The summed E-state index contributed by atoms with van der Waals surface area (Å²) in [5.41, 5.74) is 11.0. The number of aromatic hydroxyl groups is 3. The van der Waals surface area contributed by atoms with Crippen molar-refractivity contribution in [2.45, 2.75) is 193 Å². The maximum atomic E-state index is 13.2. The number of fused-ring (bicyclic) bond motifs is 3. The Hall–Kier alpha value is -7.83. The van der Waals surface area contributed by atoms with Gasteiger partial charge in [-0.05, 0) is 201 Å². The number of aliphatic hydroxyl groups excluding tert-OH is 8. The number of phenols is 3. The zero-order valence-electron chi connectivity index (χ0n) is 60.7. The summed E-state index contributed by atoms with van der Waals surface area (Å²) < 4.78 is 82.9. The molecule has 14 N–H and O–H groups in total. The van der Waals surface area contributed by atoms with Crippen LogP contribution in [0.2, 0.25) is 0 Å². The molecular weight excluding hydrogens is 1450 g/mol. The van der Waals surface area contributed by atoms with E-state index in [9.17, 15) is 85.9 Å². The first-order chi connectivity index (χ1) is 51.3. The summed E-state index contributed by atoms with van der Waals surface area (Å²) >= 11 is 0. The van der Waals surface area contributed by atoms with E-state index in [2.05, 4.69) is 20.9 Å². The normalized spacial score (nSPS) is 23.8. The smallest absolute Gasteiger partial charge is 0.249 e. The van der Waals surface area contributed by atoms with Gasteiger partial charge in [0.25, 0.3) is 0 Å². The van der Waals surface area contributed by atoms with Gasteiger partial charge in [0.15, 0.2) is 0 Å². The number of hydrogen-bond donors (Lipinski definition) is 14. The van der Waals surface area contributed by atoms with Crippen molar-refractivity contribution < 1.29 is 91.0 Å². The predicted molar refractivity (Wildman–Crippen MR) is 401 cm³/mol. The number of likely N-dealkylation sites (tertiary alicyclic amines) is 3. The summed E-state index contributed by atoms with van der Waals surface area (Å²) in [6, 6.07) is 31.9. The molecule has 0 spiro atoms. The van der Waals surface area contributed by atoms with Gasteiger partial charge in [-0.15, -0.1) is 0 Å². The number of benzene rings is 6. The van der Waals surface area contributed by atoms with Crippen LogP contribution in [-0.4, -0.2) is 234 Å². The maximum Gasteiger partial charge on any atom is 0.249 e. The number of piperidine rings is 3. The van der Waals surface area contributed by atoms with Gasteiger partial charge < -0.3 is 86.8 Å². The predicted octanol–water partition coefficient (Wildman–Crippen LogP) is 4.16. The Morgan fingerprint density at radius 2 is 0.806 bits per heavy atom. The lowest BCUT2D eigenvalue weighted by Crippen LogP contribution is -2.51. The molecule has 6 aromatic rings. The Morgan fingerprint density at radius 1 is 0.454 bits per heavy atom. The van der Waals surface area contributed by atoms with Crippen molar-refractivity contribution in [2.24, 2.45) is 5.92 Å². The van der Waals surface area contributed by atoms with Crippen molar-refractivity contribution in [3.63, 3.8) is 0 Å². The maximum absolute atomic E-state index is 13.2. The number of β-amino-alcohol motifs (C(OH)–C–C–N with tert-alkyl or cyclic N) is 1. The van der Waals surface area contributed by atoms with Gasteiger partial charge in [0.05, 0.1) is 31.0 Å². The molecule has 0 bridgehead atoms. The summed E-state index contributed by atoms with van der Waals surface area (Å²) in [7, 11) is -11.5. The molecule has 3 saturated heterocycles. The van der Waals surface area contributed by atoms with Gasteiger partial charge in [-0.1, -0.05) is 36.4 Å².